The molecule has 0 spiro atoms. The molecule has 0 radical (unpaired) electrons. The number of aliphatic imine (C=N–C) groups is 1. The lowest BCUT2D eigenvalue weighted by molar-refractivity contribution is 0.160. The minimum absolute atomic E-state index is 0.743. The molecule has 2 rings (SSSR count). The number of hydrogen-bond acceptors (Lipinski definition) is 3. The number of aromatic nitrogens is 1. The highest BCUT2D eigenvalue weighted by molar-refractivity contribution is 5.79. The number of nitrogens with zero attached hydrogens (tertiary/aromatic N) is 3. The zero-order valence-electron chi connectivity index (χ0n) is 16.2. The number of likely N-dealkylation sites (tertiary alicyclic amines) is 1. The Morgan fingerprint density at radius 2 is 2.24 bits per heavy atom. The van der Waals surface area contributed by atoms with Crippen molar-refractivity contribution in [3.05, 3.63) is 29.6 Å². The number of piperidine rings is 1. The molecule has 25 heavy (non-hydrogen) atoms. The molecule has 1 saturated heterocycles. The molecule has 0 saturated carbocycles. The molecule has 1 aromatic rings. The first-order valence-corrected chi connectivity index (χ1v) is 9.86. The quantitative estimate of drug-likeness (QED) is 0.432. The maximum atomic E-state index is 4.73. The highest BCUT2D eigenvalue weighted by Gasteiger charge is 2.16. The normalized spacial score (nSPS) is 19.0. The number of rotatable bonds is 8. The van der Waals surface area contributed by atoms with Crippen molar-refractivity contribution < 1.29 is 0 Å². The molecule has 1 aliphatic heterocycles. The Labute approximate surface area is 153 Å². The molecule has 1 fully saturated rings. The van der Waals surface area contributed by atoms with E-state index in [1.54, 1.807) is 0 Å². The van der Waals surface area contributed by atoms with E-state index in [0.29, 0.717) is 0 Å². The first-order valence-electron chi connectivity index (χ1n) is 9.86. The summed E-state index contributed by atoms with van der Waals surface area (Å²) < 4.78 is 0. The maximum absolute atomic E-state index is 4.73. The second-order valence-corrected chi connectivity index (χ2v) is 6.97. The second-order valence-electron chi connectivity index (χ2n) is 6.97. The highest BCUT2D eigenvalue weighted by atomic mass is 15.2. The molecule has 1 aromatic heterocycles. The van der Waals surface area contributed by atoms with E-state index < -0.39 is 0 Å². The lowest BCUT2D eigenvalue weighted by Gasteiger charge is -2.33. The standard InChI is InChI=1S/C20H35N5/c1-4-22-20(24-13-10-19-9-12-21-16-17(19)2)23-11-7-15-25-14-6-5-8-18(25)3/h9,12,16,18H,4-8,10-11,13-15H2,1-3H3,(H2,22,23,24). The topological polar surface area (TPSA) is 52.6 Å². The van der Waals surface area contributed by atoms with E-state index >= 15 is 0 Å². The number of pyridine rings is 1. The summed E-state index contributed by atoms with van der Waals surface area (Å²) >= 11 is 0. The average molecular weight is 346 g/mol. The molecule has 1 atom stereocenters. The molecular formula is C20H35N5. The van der Waals surface area contributed by atoms with Gasteiger partial charge in [-0.25, -0.2) is 0 Å². The Bertz CT molecular complexity index is 529. The fourth-order valence-corrected chi connectivity index (χ4v) is 3.39. The molecule has 1 unspecified atom stereocenters. The molecule has 5 nitrogen and oxygen atoms in total. The fourth-order valence-electron chi connectivity index (χ4n) is 3.39. The van der Waals surface area contributed by atoms with Crippen LogP contribution in [0.4, 0.5) is 0 Å². The van der Waals surface area contributed by atoms with E-state index in [2.05, 4.69) is 47.4 Å². The Morgan fingerprint density at radius 3 is 3.00 bits per heavy atom. The van der Waals surface area contributed by atoms with Crippen LogP contribution < -0.4 is 10.6 Å². The summed E-state index contributed by atoms with van der Waals surface area (Å²) in [6.45, 7) is 11.7. The third kappa shape index (κ3) is 7.02. The summed E-state index contributed by atoms with van der Waals surface area (Å²) in [6.07, 6.45) is 10.0. The number of nitrogens with one attached hydrogen (secondary N) is 2. The zero-order valence-corrected chi connectivity index (χ0v) is 16.2. The van der Waals surface area contributed by atoms with E-state index in [1.165, 1.54) is 43.5 Å². The van der Waals surface area contributed by atoms with Crippen LogP contribution >= 0.6 is 0 Å². The smallest absolute Gasteiger partial charge is 0.191 e. The third-order valence-electron chi connectivity index (χ3n) is 4.98. The van der Waals surface area contributed by atoms with Crippen molar-refractivity contribution in [1.29, 1.82) is 0 Å². The van der Waals surface area contributed by atoms with Crippen molar-refractivity contribution in [2.24, 2.45) is 4.99 Å². The van der Waals surface area contributed by atoms with Crippen LogP contribution in [0.1, 0.15) is 50.7 Å². The second kappa shape index (κ2) is 11.1. The number of hydrogen-bond donors (Lipinski definition) is 2. The SMILES string of the molecule is CCNC(=NCCCN1CCCCC1C)NCCc1ccncc1C. The van der Waals surface area contributed by atoms with Gasteiger partial charge in [0.25, 0.3) is 0 Å². The molecule has 0 aliphatic carbocycles. The van der Waals surface area contributed by atoms with Crippen LogP contribution in [0.2, 0.25) is 0 Å². The van der Waals surface area contributed by atoms with Crippen molar-refractivity contribution in [2.75, 3.05) is 32.7 Å². The predicted octanol–water partition coefficient (Wildman–Crippen LogP) is 2.75. The first-order chi connectivity index (χ1) is 12.2. The molecule has 0 bridgehead atoms. The van der Waals surface area contributed by atoms with Gasteiger partial charge in [0.2, 0.25) is 0 Å². The largest absolute Gasteiger partial charge is 0.357 e. The molecule has 140 valence electrons. The molecule has 1 aliphatic rings. The van der Waals surface area contributed by atoms with Gasteiger partial charge in [-0.05, 0) is 70.2 Å². The molecule has 0 amide bonds. The van der Waals surface area contributed by atoms with Gasteiger partial charge in [-0.15, -0.1) is 0 Å². The van der Waals surface area contributed by atoms with Crippen LogP contribution in [-0.2, 0) is 6.42 Å². The van der Waals surface area contributed by atoms with Crippen molar-refractivity contribution in [2.45, 2.75) is 58.9 Å². The summed E-state index contributed by atoms with van der Waals surface area (Å²) in [5, 5.41) is 6.79. The van der Waals surface area contributed by atoms with Crippen LogP contribution in [0.25, 0.3) is 0 Å². The van der Waals surface area contributed by atoms with Crippen LogP contribution in [0.3, 0.4) is 0 Å². The van der Waals surface area contributed by atoms with Gasteiger partial charge in [0.15, 0.2) is 5.96 Å². The summed E-state index contributed by atoms with van der Waals surface area (Å²) in [7, 11) is 0. The van der Waals surface area contributed by atoms with Crippen molar-refractivity contribution >= 4 is 5.96 Å². The van der Waals surface area contributed by atoms with Gasteiger partial charge < -0.3 is 15.5 Å². The summed E-state index contributed by atoms with van der Waals surface area (Å²) in [5.74, 6) is 0.931. The monoisotopic (exact) mass is 345 g/mol. The van der Waals surface area contributed by atoms with Crippen LogP contribution in [-0.4, -0.2) is 54.6 Å². The molecule has 2 N–H and O–H groups in total. The summed E-state index contributed by atoms with van der Waals surface area (Å²) in [6, 6.07) is 2.84. The van der Waals surface area contributed by atoms with Gasteiger partial charge >= 0.3 is 0 Å². The Hall–Kier alpha value is -1.62. The highest BCUT2D eigenvalue weighted by Crippen LogP contribution is 2.16. The third-order valence-corrected chi connectivity index (χ3v) is 4.98. The number of aryl methyl sites for hydroxylation is 1. The minimum Gasteiger partial charge on any atom is -0.357 e. The van der Waals surface area contributed by atoms with Crippen molar-refractivity contribution in [1.82, 2.24) is 20.5 Å². The van der Waals surface area contributed by atoms with E-state index in [-0.39, 0.29) is 0 Å². The predicted molar refractivity (Wildman–Crippen MR) is 106 cm³/mol. The minimum atomic E-state index is 0.743. The Balaban J connectivity index is 1.71. The van der Waals surface area contributed by atoms with Crippen molar-refractivity contribution in [3.63, 3.8) is 0 Å². The fraction of sp³-hybridized carbons (Fsp3) is 0.700. The Morgan fingerprint density at radius 1 is 1.36 bits per heavy atom. The number of guanidine groups is 1. The van der Waals surface area contributed by atoms with E-state index in [9.17, 15) is 0 Å². The van der Waals surface area contributed by atoms with Gasteiger partial charge in [-0.2, -0.15) is 0 Å². The van der Waals surface area contributed by atoms with Gasteiger partial charge in [-0.1, -0.05) is 6.42 Å². The molecule has 0 aromatic carbocycles. The Kier molecular flexibility index (Phi) is 8.73. The van der Waals surface area contributed by atoms with E-state index in [0.717, 1.165) is 44.5 Å². The summed E-state index contributed by atoms with van der Waals surface area (Å²) in [4.78, 5) is 11.5. The van der Waals surface area contributed by atoms with Gasteiger partial charge in [0.05, 0.1) is 0 Å². The molecule has 5 heteroatoms. The average Bonchev–Trinajstić information content (AvgIpc) is 2.61. The van der Waals surface area contributed by atoms with Crippen LogP contribution in [0, 0.1) is 6.92 Å². The van der Waals surface area contributed by atoms with Crippen LogP contribution in [0.15, 0.2) is 23.5 Å². The molecular weight excluding hydrogens is 310 g/mol. The van der Waals surface area contributed by atoms with Gasteiger partial charge in [0, 0.05) is 44.6 Å². The lowest BCUT2D eigenvalue weighted by Crippen LogP contribution is -2.39. The maximum Gasteiger partial charge on any atom is 0.191 e. The molecule has 2 heterocycles. The van der Waals surface area contributed by atoms with Crippen LogP contribution in [0.5, 0.6) is 0 Å². The first kappa shape index (κ1) is 19.7. The van der Waals surface area contributed by atoms with E-state index in [4.69, 9.17) is 4.99 Å². The van der Waals surface area contributed by atoms with E-state index in [1.807, 2.05) is 12.4 Å². The zero-order chi connectivity index (χ0) is 17.9. The van der Waals surface area contributed by atoms with Gasteiger partial charge in [-0.3, -0.25) is 9.98 Å². The summed E-state index contributed by atoms with van der Waals surface area (Å²) in [5.41, 5.74) is 2.60. The van der Waals surface area contributed by atoms with Gasteiger partial charge in [0.1, 0.15) is 0 Å². The van der Waals surface area contributed by atoms with Crippen molar-refractivity contribution in [3.8, 4) is 0 Å². The lowest BCUT2D eigenvalue weighted by atomic mass is 10.0.